The lowest BCUT2D eigenvalue weighted by atomic mass is 9.95. The summed E-state index contributed by atoms with van der Waals surface area (Å²) in [6.45, 7) is 3.22. The summed E-state index contributed by atoms with van der Waals surface area (Å²) in [5.74, 6) is -0.369. The van der Waals surface area contributed by atoms with Crippen LogP contribution in [0.4, 0.5) is 4.39 Å². The molecule has 0 heterocycles. The third-order valence-corrected chi connectivity index (χ3v) is 3.07. The summed E-state index contributed by atoms with van der Waals surface area (Å²) in [5.41, 5.74) is 0. The summed E-state index contributed by atoms with van der Waals surface area (Å²) in [5, 5.41) is 0. The lowest BCUT2D eigenvalue weighted by molar-refractivity contribution is -0.142. The Bertz CT molecular complexity index is 296. The van der Waals surface area contributed by atoms with Crippen molar-refractivity contribution in [2.24, 2.45) is 17.8 Å². The molecule has 2 rings (SSSR count). The summed E-state index contributed by atoms with van der Waals surface area (Å²) in [6.07, 6.45) is 6.63. The van der Waals surface area contributed by atoms with Crippen LogP contribution in [-0.2, 0) is 9.53 Å². The summed E-state index contributed by atoms with van der Waals surface area (Å²) in [7, 11) is 0. The van der Waals surface area contributed by atoms with E-state index in [0.29, 0.717) is 24.4 Å². The number of hydrogen-bond donors (Lipinski definition) is 0. The fourth-order valence-electron chi connectivity index (χ4n) is 2.35. The van der Waals surface area contributed by atoms with Crippen LogP contribution in [0, 0.1) is 17.8 Å². The maximum absolute atomic E-state index is 12.3. The average Bonchev–Trinajstić information content (AvgIpc) is 2.74. The van der Waals surface area contributed by atoms with Crippen molar-refractivity contribution in [1.82, 2.24) is 0 Å². The first kappa shape index (κ1) is 9.44. The van der Waals surface area contributed by atoms with Crippen LogP contribution in [-0.4, -0.2) is 12.6 Å². The number of ether oxygens (including phenoxy) is 1. The second kappa shape index (κ2) is 3.56. The molecule has 0 N–H and O–H groups in total. The van der Waals surface area contributed by atoms with Gasteiger partial charge in [-0.25, -0.2) is 4.79 Å². The SMILES string of the molecule is C=C(F)C(=O)OCC1CC2C=CC1C2. The highest BCUT2D eigenvalue weighted by atomic mass is 19.1. The molecule has 3 atom stereocenters. The number of halogens is 1. The summed E-state index contributed by atoms with van der Waals surface area (Å²) in [6, 6.07) is 0. The molecule has 0 radical (unpaired) electrons. The van der Waals surface area contributed by atoms with Gasteiger partial charge in [0.2, 0.25) is 5.83 Å². The quantitative estimate of drug-likeness (QED) is 0.393. The topological polar surface area (TPSA) is 26.3 Å². The number of esters is 1. The number of carbonyl (C=O) groups is 1. The minimum atomic E-state index is -1.01. The number of allylic oxidation sites excluding steroid dienone is 2. The fourth-order valence-corrected chi connectivity index (χ4v) is 2.35. The molecule has 1 saturated carbocycles. The highest BCUT2D eigenvalue weighted by Gasteiger charge is 2.36. The molecule has 2 aliphatic carbocycles. The Morgan fingerprint density at radius 3 is 2.79 bits per heavy atom. The lowest BCUT2D eigenvalue weighted by Gasteiger charge is -2.17. The first-order chi connectivity index (χ1) is 6.66. The number of fused-ring (bicyclic) bond motifs is 2. The maximum atomic E-state index is 12.3. The second-order valence-corrected chi connectivity index (χ2v) is 4.04. The van der Waals surface area contributed by atoms with Crippen LogP contribution in [0.3, 0.4) is 0 Å². The Morgan fingerprint density at radius 1 is 1.50 bits per heavy atom. The zero-order valence-corrected chi connectivity index (χ0v) is 7.91. The Kier molecular flexibility index (Phi) is 2.40. The molecule has 0 aromatic heterocycles. The lowest BCUT2D eigenvalue weighted by Crippen LogP contribution is -2.17. The molecule has 2 nitrogen and oxygen atoms in total. The van der Waals surface area contributed by atoms with Crippen molar-refractivity contribution >= 4 is 5.97 Å². The molecule has 2 bridgehead atoms. The van der Waals surface area contributed by atoms with Crippen molar-refractivity contribution in [3.8, 4) is 0 Å². The molecule has 0 saturated heterocycles. The largest absolute Gasteiger partial charge is 0.460 e. The van der Waals surface area contributed by atoms with Gasteiger partial charge in [0.25, 0.3) is 0 Å². The standard InChI is InChI=1S/C11H13FO2/c1-7(12)11(13)14-6-10-5-8-2-3-9(10)4-8/h2-3,8-10H,1,4-6H2. The van der Waals surface area contributed by atoms with Crippen molar-refractivity contribution in [2.75, 3.05) is 6.61 Å². The van der Waals surface area contributed by atoms with Crippen LogP contribution in [0.25, 0.3) is 0 Å². The normalized spacial score (nSPS) is 33.4. The molecule has 1 fully saturated rings. The minimum absolute atomic E-state index is 0.327. The van der Waals surface area contributed by atoms with Crippen LogP contribution < -0.4 is 0 Å². The average molecular weight is 196 g/mol. The molecule has 2 aliphatic rings. The molecule has 14 heavy (non-hydrogen) atoms. The monoisotopic (exact) mass is 196 g/mol. The highest BCUT2D eigenvalue weighted by molar-refractivity contribution is 5.85. The van der Waals surface area contributed by atoms with Crippen molar-refractivity contribution in [3.63, 3.8) is 0 Å². The van der Waals surface area contributed by atoms with Crippen molar-refractivity contribution < 1.29 is 13.9 Å². The number of carbonyl (C=O) groups excluding carboxylic acids is 1. The predicted octanol–water partition coefficient (Wildman–Crippen LogP) is 2.22. The van der Waals surface area contributed by atoms with Gasteiger partial charge in [-0.3, -0.25) is 0 Å². The van der Waals surface area contributed by atoms with E-state index in [-0.39, 0.29) is 0 Å². The molecule has 3 unspecified atom stereocenters. The van der Waals surface area contributed by atoms with Crippen LogP contribution in [0.15, 0.2) is 24.6 Å². The van der Waals surface area contributed by atoms with E-state index in [2.05, 4.69) is 18.7 Å². The minimum Gasteiger partial charge on any atom is -0.460 e. The molecular formula is C11H13FO2. The Morgan fingerprint density at radius 2 is 2.29 bits per heavy atom. The third-order valence-electron chi connectivity index (χ3n) is 3.07. The summed E-state index contributed by atoms with van der Waals surface area (Å²) in [4.78, 5) is 10.8. The van der Waals surface area contributed by atoms with E-state index >= 15 is 0 Å². The smallest absolute Gasteiger partial charge is 0.366 e. The van der Waals surface area contributed by atoms with Gasteiger partial charge in [-0.1, -0.05) is 18.7 Å². The Hall–Kier alpha value is -1.12. The Labute approximate surface area is 82.4 Å². The van der Waals surface area contributed by atoms with Crippen LogP contribution in [0.1, 0.15) is 12.8 Å². The summed E-state index contributed by atoms with van der Waals surface area (Å²) >= 11 is 0. The van der Waals surface area contributed by atoms with E-state index in [4.69, 9.17) is 4.74 Å². The third kappa shape index (κ3) is 1.72. The summed E-state index contributed by atoms with van der Waals surface area (Å²) < 4.78 is 17.1. The van der Waals surface area contributed by atoms with Gasteiger partial charge in [-0.2, -0.15) is 4.39 Å². The van der Waals surface area contributed by atoms with Crippen LogP contribution in [0.2, 0.25) is 0 Å². The molecule has 0 aliphatic heterocycles. The second-order valence-electron chi connectivity index (χ2n) is 4.04. The van der Waals surface area contributed by atoms with Gasteiger partial charge in [0.15, 0.2) is 0 Å². The fraction of sp³-hybridized carbons (Fsp3) is 0.545. The number of hydrogen-bond acceptors (Lipinski definition) is 2. The highest BCUT2D eigenvalue weighted by Crippen LogP contribution is 2.43. The molecule has 0 aromatic carbocycles. The van der Waals surface area contributed by atoms with Crippen LogP contribution >= 0.6 is 0 Å². The van der Waals surface area contributed by atoms with Crippen LogP contribution in [0.5, 0.6) is 0 Å². The maximum Gasteiger partial charge on any atom is 0.366 e. The molecule has 0 spiro atoms. The Balaban J connectivity index is 1.80. The molecule has 3 heteroatoms. The van der Waals surface area contributed by atoms with Gasteiger partial charge in [0, 0.05) is 0 Å². The van der Waals surface area contributed by atoms with Gasteiger partial charge < -0.3 is 4.74 Å². The molecule has 76 valence electrons. The first-order valence-electron chi connectivity index (χ1n) is 4.86. The molecule has 0 amide bonds. The van der Waals surface area contributed by atoms with E-state index in [1.165, 1.54) is 6.42 Å². The van der Waals surface area contributed by atoms with E-state index in [1.54, 1.807) is 0 Å². The number of rotatable bonds is 3. The van der Waals surface area contributed by atoms with E-state index in [0.717, 1.165) is 6.42 Å². The van der Waals surface area contributed by atoms with Crippen molar-refractivity contribution in [1.29, 1.82) is 0 Å². The molecular weight excluding hydrogens is 183 g/mol. The van der Waals surface area contributed by atoms with E-state index in [9.17, 15) is 9.18 Å². The van der Waals surface area contributed by atoms with Crippen molar-refractivity contribution in [3.05, 3.63) is 24.6 Å². The van der Waals surface area contributed by atoms with E-state index in [1.807, 2.05) is 0 Å². The van der Waals surface area contributed by atoms with E-state index < -0.39 is 11.8 Å². The van der Waals surface area contributed by atoms with Gasteiger partial charge >= 0.3 is 5.97 Å². The zero-order valence-electron chi connectivity index (χ0n) is 7.91. The van der Waals surface area contributed by atoms with Gasteiger partial charge in [-0.05, 0) is 30.6 Å². The molecule has 0 aromatic rings. The van der Waals surface area contributed by atoms with Gasteiger partial charge in [0.05, 0.1) is 6.61 Å². The first-order valence-corrected chi connectivity index (χ1v) is 4.86. The van der Waals surface area contributed by atoms with Crippen molar-refractivity contribution in [2.45, 2.75) is 12.8 Å². The van der Waals surface area contributed by atoms with Gasteiger partial charge in [0.1, 0.15) is 0 Å². The predicted molar refractivity (Wildman–Crippen MR) is 50.1 cm³/mol. The van der Waals surface area contributed by atoms with Gasteiger partial charge in [-0.15, -0.1) is 0 Å². The zero-order chi connectivity index (χ0) is 10.1.